The van der Waals surface area contributed by atoms with Gasteiger partial charge < -0.3 is 0 Å². The number of likely N-dealkylation sites (tertiary alicyclic amines) is 1. The van der Waals surface area contributed by atoms with Gasteiger partial charge in [-0.25, -0.2) is 8.78 Å². The summed E-state index contributed by atoms with van der Waals surface area (Å²) in [6.07, 6.45) is 7.49. The first-order valence-corrected chi connectivity index (χ1v) is 10.9. The van der Waals surface area contributed by atoms with E-state index in [9.17, 15) is 13.6 Å². The van der Waals surface area contributed by atoms with Gasteiger partial charge in [-0.2, -0.15) is 0 Å². The molecule has 0 N–H and O–H groups in total. The Labute approximate surface area is 169 Å². The molecule has 1 saturated heterocycles. The number of alkyl halides is 2. The van der Waals surface area contributed by atoms with Crippen LogP contribution in [-0.4, -0.2) is 35.7 Å². The Morgan fingerprint density at radius 1 is 1.08 bits per heavy atom. The minimum absolute atomic E-state index is 0.0835. The highest BCUT2D eigenvalue weighted by atomic mass is 127. The molecular weight excluding hydrogens is 447 g/mol. The van der Waals surface area contributed by atoms with Crippen molar-refractivity contribution in [3.05, 3.63) is 33.4 Å². The van der Waals surface area contributed by atoms with E-state index in [1.807, 2.05) is 29.2 Å². The second-order valence-corrected chi connectivity index (χ2v) is 8.58. The zero-order chi connectivity index (χ0) is 19.0. The summed E-state index contributed by atoms with van der Waals surface area (Å²) >= 11 is 2.22. The highest BCUT2D eigenvalue weighted by Gasteiger charge is 2.38. The van der Waals surface area contributed by atoms with Crippen molar-refractivity contribution in [2.75, 3.05) is 13.1 Å². The van der Waals surface area contributed by atoms with Crippen LogP contribution in [0, 0.1) is 3.57 Å². The van der Waals surface area contributed by atoms with Gasteiger partial charge in [0.15, 0.2) is 5.78 Å². The van der Waals surface area contributed by atoms with Gasteiger partial charge in [0.05, 0.1) is 6.04 Å². The molecule has 0 aromatic heterocycles. The Morgan fingerprint density at radius 2 is 1.65 bits per heavy atom. The molecule has 0 amide bonds. The zero-order valence-corrected chi connectivity index (χ0v) is 17.8. The Morgan fingerprint density at radius 3 is 2.27 bits per heavy atom. The fourth-order valence-electron chi connectivity index (χ4n) is 3.57. The SMILES string of the molecule is CCCCCCCCC(C(=O)c1ccc(I)cc1)N1CCC(F)(F)CC1. The number of carbonyl (C=O) groups is 1. The van der Waals surface area contributed by atoms with E-state index in [1.54, 1.807) is 0 Å². The van der Waals surface area contributed by atoms with Crippen LogP contribution in [0.2, 0.25) is 0 Å². The van der Waals surface area contributed by atoms with Gasteiger partial charge in [0.25, 0.3) is 5.92 Å². The lowest BCUT2D eigenvalue weighted by Crippen LogP contribution is -2.48. The van der Waals surface area contributed by atoms with Crippen LogP contribution in [0.5, 0.6) is 0 Å². The van der Waals surface area contributed by atoms with E-state index < -0.39 is 5.92 Å². The van der Waals surface area contributed by atoms with E-state index in [4.69, 9.17) is 0 Å². The van der Waals surface area contributed by atoms with E-state index >= 15 is 0 Å². The number of unbranched alkanes of at least 4 members (excludes halogenated alkanes) is 5. The first-order chi connectivity index (χ1) is 12.4. The maximum Gasteiger partial charge on any atom is 0.250 e. The second-order valence-electron chi connectivity index (χ2n) is 7.34. The van der Waals surface area contributed by atoms with Crippen molar-refractivity contribution >= 4 is 28.4 Å². The molecule has 146 valence electrons. The lowest BCUT2D eigenvalue weighted by molar-refractivity contribution is -0.0612. The molecule has 26 heavy (non-hydrogen) atoms. The Bertz CT molecular complexity index is 552. The number of nitrogens with zero attached hydrogens (tertiary/aromatic N) is 1. The predicted octanol–water partition coefficient (Wildman–Crippen LogP) is 6.32. The number of ketones is 1. The van der Waals surface area contributed by atoms with Crippen LogP contribution in [-0.2, 0) is 0 Å². The molecule has 1 heterocycles. The maximum absolute atomic E-state index is 13.5. The van der Waals surface area contributed by atoms with Crippen molar-refractivity contribution < 1.29 is 13.6 Å². The molecule has 2 nitrogen and oxygen atoms in total. The molecule has 1 aromatic rings. The zero-order valence-electron chi connectivity index (χ0n) is 15.7. The lowest BCUT2D eigenvalue weighted by atomic mass is 9.94. The van der Waals surface area contributed by atoms with Gasteiger partial charge in [-0.05, 0) is 41.1 Å². The number of hydrogen-bond acceptors (Lipinski definition) is 2. The molecule has 0 spiro atoms. The van der Waals surface area contributed by atoms with E-state index in [1.165, 1.54) is 25.7 Å². The molecular formula is C21H30F2INO. The third-order valence-corrected chi connectivity index (χ3v) is 5.95. The lowest BCUT2D eigenvalue weighted by Gasteiger charge is -2.36. The minimum atomic E-state index is -2.58. The standard InChI is InChI=1S/C21H30F2INO/c1-2-3-4-5-6-7-8-19(25-15-13-21(22,23)14-16-25)20(26)17-9-11-18(24)12-10-17/h9-12,19H,2-8,13-16H2,1H3. The van der Waals surface area contributed by atoms with Crippen LogP contribution < -0.4 is 0 Å². The van der Waals surface area contributed by atoms with Crippen molar-refractivity contribution in [1.29, 1.82) is 0 Å². The van der Waals surface area contributed by atoms with E-state index in [2.05, 4.69) is 29.5 Å². The molecule has 1 atom stereocenters. The summed E-state index contributed by atoms with van der Waals surface area (Å²) in [5.74, 6) is -2.49. The van der Waals surface area contributed by atoms with Gasteiger partial charge in [0.1, 0.15) is 0 Å². The molecule has 2 rings (SSSR count). The summed E-state index contributed by atoms with van der Waals surface area (Å²) < 4.78 is 28.1. The molecule has 0 radical (unpaired) electrons. The van der Waals surface area contributed by atoms with Gasteiger partial charge in [0, 0.05) is 35.1 Å². The van der Waals surface area contributed by atoms with Crippen molar-refractivity contribution in [2.24, 2.45) is 0 Å². The molecule has 1 unspecified atom stereocenters. The van der Waals surface area contributed by atoms with Gasteiger partial charge in [0.2, 0.25) is 0 Å². The highest BCUT2D eigenvalue weighted by Crippen LogP contribution is 2.30. The monoisotopic (exact) mass is 477 g/mol. The largest absolute Gasteiger partial charge is 0.293 e. The van der Waals surface area contributed by atoms with Crippen molar-refractivity contribution in [3.8, 4) is 0 Å². The summed E-state index contributed by atoms with van der Waals surface area (Å²) in [5.41, 5.74) is 0.693. The number of hydrogen-bond donors (Lipinski definition) is 0. The normalized spacial score (nSPS) is 18.6. The number of piperidine rings is 1. The number of rotatable bonds is 10. The quantitative estimate of drug-likeness (QED) is 0.223. The van der Waals surface area contributed by atoms with E-state index in [0.29, 0.717) is 18.7 Å². The third-order valence-electron chi connectivity index (χ3n) is 5.23. The second kappa shape index (κ2) is 10.7. The average Bonchev–Trinajstić information content (AvgIpc) is 2.62. The first-order valence-electron chi connectivity index (χ1n) is 9.84. The van der Waals surface area contributed by atoms with E-state index in [0.717, 1.165) is 22.8 Å². The molecule has 5 heteroatoms. The predicted molar refractivity (Wildman–Crippen MR) is 111 cm³/mol. The van der Waals surface area contributed by atoms with Gasteiger partial charge >= 0.3 is 0 Å². The van der Waals surface area contributed by atoms with Gasteiger partial charge in [-0.1, -0.05) is 57.6 Å². The van der Waals surface area contributed by atoms with Crippen LogP contribution >= 0.6 is 22.6 Å². The Balaban J connectivity index is 1.98. The maximum atomic E-state index is 13.5. The highest BCUT2D eigenvalue weighted by molar-refractivity contribution is 14.1. The Hall–Kier alpha value is -0.560. The summed E-state index contributed by atoms with van der Waals surface area (Å²) in [6, 6.07) is 7.31. The fraction of sp³-hybridized carbons (Fsp3) is 0.667. The van der Waals surface area contributed by atoms with Crippen molar-refractivity contribution in [3.63, 3.8) is 0 Å². The molecule has 0 aliphatic carbocycles. The topological polar surface area (TPSA) is 20.3 Å². The third kappa shape index (κ3) is 6.87. The summed E-state index contributed by atoms with van der Waals surface area (Å²) in [5, 5.41) is 0. The van der Waals surface area contributed by atoms with Crippen LogP contribution in [0.15, 0.2) is 24.3 Å². The summed E-state index contributed by atoms with van der Waals surface area (Å²) in [6.45, 7) is 2.81. The van der Waals surface area contributed by atoms with Crippen LogP contribution in [0.1, 0.15) is 75.1 Å². The minimum Gasteiger partial charge on any atom is -0.293 e. The smallest absolute Gasteiger partial charge is 0.250 e. The van der Waals surface area contributed by atoms with Crippen molar-refractivity contribution in [2.45, 2.75) is 76.7 Å². The van der Waals surface area contributed by atoms with Gasteiger partial charge in [-0.3, -0.25) is 9.69 Å². The molecule has 0 bridgehead atoms. The number of Topliss-reactive ketones (excluding diaryl/α,β-unsaturated/α-hetero) is 1. The Kier molecular flexibility index (Phi) is 8.94. The molecule has 1 aliphatic rings. The number of carbonyl (C=O) groups excluding carboxylic acids is 1. The molecule has 0 saturated carbocycles. The fourth-order valence-corrected chi connectivity index (χ4v) is 3.93. The summed E-state index contributed by atoms with van der Waals surface area (Å²) in [7, 11) is 0. The number of benzene rings is 1. The van der Waals surface area contributed by atoms with Crippen LogP contribution in [0.25, 0.3) is 0 Å². The van der Waals surface area contributed by atoms with Crippen LogP contribution in [0.3, 0.4) is 0 Å². The van der Waals surface area contributed by atoms with Gasteiger partial charge in [-0.15, -0.1) is 0 Å². The number of halogens is 3. The summed E-state index contributed by atoms with van der Waals surface area (Å²) in [4.78, 5) is 15.0. The van der Waals surface area contributed by atoms with Crippen LogP contribution in [0.4, 0.5) is 8.78 Å². The first kappa shape index (κ1) is 21.7. The van der Waals surface area contributed by atoms with Crippen molar-refractivity contribution in [1.82, 2.24) is 4.90 Å². The average molecular weight is 477 g/mol. The molecule has 1 aromatic carbocycles. The molecule has 1 aliphatic heterocycles. The van der Waals surface area contributed by atoms with E-state index in [-0.39, 0.29) is 24.7 Å². The molecule has 1 fully saturated rings.